The fourth-order valence-electron chi connectivity index (χ4n) is 2.07. The molecule has 1 aromatic heterocycles. The van der Waals surface area contributed by atoms with Crippen LogP contribution in [0.3, 0.4) is 0 Å². The van der Waals surface area contributed by atoms with Gasteiger partial charge in [-0.2, -0.15) is 0 Å². The molecule has 1 saturated heterocycles. The van der Waals surface area contributed by atoms with Gasteiger partial charge in [0.15, 0.2) is 0 Å². The van der Waals surface area contributed by atoms with Gasteiger partial charge in [0.05, 0.1) is 18.9 Å². The molecule has 0 radical (unpaired) electrons. The van der Waals surface area contributed by atoms with E-state index in [9.17, 15) is 0 Å². The number of hydrogen-bond acceptors (Lipinski definition) is 5. The topological polar surface area (TPSA) is 59.8 Å². The highest BCUT2D eigenvalue weighted by molar-refractivity contribution is 5.39. The van der Waals surface area contributed by atoms with Crippen molar-refractivity contribution in [3.05, 3.63) is 23.9 Å². The summed E-state index contributed by atoms with van der Waals surface area (Å²) < 4.78 is 0. The van der Waals surface area contributed by atoms with Crippen LogP contribution >= 0.6 is 0 Å². The predicted molar refractivity (Wildman–Crippen MR) is 65.9 cm³/mol. The van der Waals surface area contributed by atoms with Gasteiger partial charge in [-0.1, -0.05) is 6.07 Å². The van der Waals surface area contributed by atoms with Gasteiger partial charge in [-0.15, -0.1) is 0 Å². The summed E-state index contributed by atoms with van der Waals surface area (Å²) in [5.41, 5.74) is 0.709. The maximum Gasteiger partial charge on any atom is 0.128 e. The molecule has 0 saturated carbocycles. The van der Waals surface area contributed by atoms with E-state index in [0.717, 1.165) is 38.5 Å². The highest BCUT2D eigenvalue weighted by Gasteiger charge is 2.17. The van der Waals surface area contributed by atoms with Gasteiger partial charge in [0.25, 0.3) is 0 Å². The van der Waals surface area contributed by atoms with Crippen molar-refractivity contribution in [2.24, 2.45) is 0 Å². The second-order valence-corrected chi connectivity index (χ2v) is 4.20. The third-order valence-electron chi connectivity index (χ3n) is 3.07. The zero-order valence-electron chi connectivity index (χ0n) is 9.92. The molecule has 0 bridgehead atoms. The first-order valence-electron chi connectivity index (χ1n) is 5.98. The Morgan fingerprint density at radius 2 is 1.88 bits per heavy atom. The lowest BCUT2D eigenvalue weighted by Crippen LogP contribution is -2.47. The smallest absolute Gasteiger partial charge is 0.128 e. The first-order valence-corrected chi connectivity index (χ1v) is 5.98. The third kappa shape index (κ3) is 3.15. The Morgan fingerprint density at radius 1 is 1.12 bits per heavy atom. The zero-order chi connectivity index (χ0) is 12.1. The van der Waals surface area contributed by atoms with Crippen molar-refractivity contribution >= 4 is 5.82 Å². The summed E-state index contributed by atoms with van der Waals surface area (Å²) in [6, 6.07) is 5.72. The SMILES string of the molecule is OCCN1CCN(c2cccc(CO)n2)CC1. The summed E-state index contributed by atoms with van der Waals surface area (Å²) in [7, 11) is 0. The largest absolute Gasteiger partial charge is 0.395 e. The van der Waals surface area contributed by atoms with Gasteiger partial charge in [0.2, 0.25) is 0 Å². The van der Waals surface area contributed by atoms with Crippen molar-refractivity contribution in [3.63, 3.8) is 0 Å². The van der Waals surface area contributed by atoms with Crippen LogP contribution in [-0.2, 0) is 6.61 Å². The number of piperazine rings is 1. The number of pyridine rings is 1. The van der Waals surface area contributed by atoms with Crippen molar-refractivity contribution in [2.75, 3.05) is 44.2 Å². The van der Waals surface area contributed by atoms with Gasteiger partial charge in [-0.05, 0) is 12.1 Å². The van der Waals surface area contributed by atoms with Crippen LogP contribution in [0.25, 0.3) is 0 Å². The van der Waals surface area contributed by atoms with Gasteiger partial charge in [0.1, 0.15) is 5.82 Å². The second kappa shape index (κ2) is 5.95. The van der Waals surface area contributed by atoms with E-state index in [1.165, 1.54) is 0 Å². The Kier molecular flexibility index (Phi) is 4.30. The minimum Gasteiger partial charge on any atom is -0.395 e. The standard InChI is InChI=1S/C12H19N3O2/c16-9-8-14-4-6-15(7-5-14)12-3-1-2-11(10-17)13-12/h1-3,16-17H,4-10H2. The molecule has 1 aromatic rings. The van der Waals surface area contributed by atoms with Crippen molar-refractivity contribution in [3.8, 4) is 0 Å². The molecule has 1 fully saturated rings. The lowest BCUT2D eigenvalue weighted by molar-refractivity contribution is 0.188. The summed E-state index contributed by atoms with van der Waals surface area (Å²) in [5.74, 6) is 0.931. The molecule has 0 aromatic carbocycles. The Bertz CT molecular complexity index is 351. The highest BCUT2D eigenvalue weighted by Crippen LogP contribution is 2.14. The first kappa shape index (κ1) is 12.3. The highest BCUT2D eigenvalue weighted by atomic mass is 16.3. The molecular formula is C12H19N3O2. The van der Waals surface area contributed by atoms with Gasteiger partial charge >= 0.3 is 0 Å². The van der Waals surface area contributed by atoms with Crippen LogP contribution in [0.5, 0.6) is 0 Å². The number of hydrogen-bond donors (Lipinski definition) is 2. The van der Waals surface area contributed by atoms with Crippen LogP contribution in [0.4, 0.5) is 5.82 Å². The maximum absolute atomic E-state index is 9.06. The molecule has 0 spiro atoms. The van der Waals surface area contributed by atoms with Crippen LogP contribution in [0, 0.1) is 0 Å². The van der Waals surface area contributed by atoms with E-state index in [1.807, 2.05) is 18.2 Å². The van der Waals surface area contributed by atoms with E-state index >= 15 is 0 Å². The minimum atomic E-state index is -0.0156. The molecule has 0 aliphatic carbocycles. The number of rotatable bonds is 4. The Hall–Kier alpha value is -1.17. The van der Waals surface area contributed by atoms with E-state index in [2.05, 4.69) is 14.8 Å². The van der Waals surface area contributed by atoms with E-state index in [4.69, 9.17) is 10.2 Å². The van der Waals surface area contributed by atoms with Crippen LogP contribution in [0.15, 0.2) is 18.2 Å². The molecule has 5 heteroatoms. The minimum absolute atomic E-state index is 0.0156. The average Bonchev–Trinajstić information content (AvgIpc) is 2.40. The molecule has 2 N–H and O–H groups in total. The molecular weight excluding hydrogens is 218 g/mol. The van der Waals surface area contributed by atoms with Crippen LogP contribution < -0.4 is 4.90 Å². The van der Waals surface area contributed by atoms with E-state index in [-0.39, 0.29) is 13.2 Å². The lowest BCUT2D eigenvalue weighted by atomic mass is 10.3. The van der Waals surface area contributed by atoms with Crippen LogP contribution in [0.1, 0.15) is 5.69 Å². The van der Waals surface area contributed by atoms with E-state index in [1.54, 1.807) is 0 Å². The molecule has 2 rings (SSSR count). The average molecular weight is 237 g/mol. The van der Waals surface area contributed by atoms with E-state index < -0.39 is 0 Å². The maximum atomic E-state index is 9.06. The number of anilines is 1. The van der Waals surface area contributed by atoms with Gasteiger partial charge in [0, 0.05) is 32.7 Å². The zero-order valence-corrected chi connectivity index (χ0v) is 9.92. The van der Waals surface area contributed by atoms with Crippen molar-refractivity contribution < 1.29 is 10.2 Å². The van der Waals surface area contributed by atoms with Crippen LogP contribution in [-0.4, -0.2) is 59.4 Å². The van der Waals surface area contributed by atoms with Crippen molar-refractivity contribution in [1.29, 1.82) is 0 Å². The number of aliphatic hydroxyl groups excluding tert-OH is 2. The normalized spacial score (nSPS) is 17.4. The number of nitrogens with zero attached hydrogens (tertiary/aromatic N) is 3. The molecule has 0 unspecified atom stereocenters. The quantitative estimate of drug-likeness (QED) is 0.752. The Balaban J connectivity index is 1.95. The molecule has 0 amide bonds. The molecule has 1 aliphatic rings. The first-order chi connectivity index (χ1) is 8.33. The van der Waals surface area contributed by atoms with Gasteiger partial charge in [-0.25, -0.2) is 4.98 Å². The molecule has 5 nitrogen and oxygen atoms in total. The summed E-state index contributed by atoms with van der Waals surface area (Å²) in [5, 5.41) is 17.9. The Morgan fingerprint density at radius 3 is 2.53 bits per heavy atom. The monoisotopic (exact) mass is 237 g/mol. The Labute approximate surface area is 101 Å². The van der Waals surface area contributed by atoms with Gasteiger partial charge in [-0.3, -0.25) is 4.90 Å². The summed E-state index contributed by atoms with van der Waals surface area (Å²) in [4.78, 5) is 8.85. The van der Waals surface area contributed by atoms with Crippen molar-refractivity contribution in [2.45, 2.75) is 6.61 Å². The summed E-state index contributed by atoms with van der Waals surface area (Å²) in [6.45, 7) is 4.69. The summed E-state index contributed by atoms with van der Waals surface area (Å²) >= 11 is 0. The van der Waals surface area contributed by atoms with E-state index in [0.29, 0.717) is 5.69 Å². The van der Waals surface area contributed by atoms with Gasteiger partial charge < -0.3 is 15.1 Å². The number of β-amino-alcohol motifs (C(OH)–C–C–N with tert-alkyl or cyclic N) is 1. The fourth-order valence-corrected chi connectivity index (χ4v) is 2.07. The number of aliphatic hydroxyl groups is 2. The lowest BCUT2D eigenvalue weighted by Gasteiger charge is -2.35. The van der Waals surface area contributed by atoms with Crippen molar-refractivity contribution in [1.82, 2.24) is 9.88 Å². The molecule has 2 heterocycles. The molecule has 1 aliphatic heterocycles. The molecule has 17 heavy (non-hydrogen) atoms. The van der Waals surface area contributed by atoms with Crippen LogP contribution in [0.2, 0.25) is 0 Å². The molecule has 94 valence electrons. The third-order valence-corrected chi connectivity index (χ3v) is 3.07. The second-order valence-electron chi connectivity index (χ2n) is 4.20. The molecule has 0 atom stereocenters. The predicted octanol–water partition coefficient (Wildman–Crippen LogP) is -0.312. The summed E-state index contributed by atoms with van der Waals surface area (Å²) in [6.07, 6.45) is 0. The fraction of sp³-hybridized carbons (Fsp3) is 0.583. The number of aromatic nitrogens is 1.